The molecule has 0 fully saturated rings. The lowest BCUT2D eigenvalue weighted by molar-refractivity contribution is 0.391. The molecule has 0 bridgehead atoms. The van der Waals surface area contributed by atoms with Gasteiger partial charge in [0.2, 0.25) is 5.95 Å². The molecule has 1 aromatic carbocycles. The molecule has 0 aliphatic carbocycles. The number of nitrogen functional groups attached to an aromatic ring is 1. The number of fused-ring (bicyclic) bond motifs is 1. The lowest BCUT2D eigenvalue weighted by Gasteiger charge is -2.16. The molecule has 0 aliphatic heterocycles. The van der Waals surface area contributed by atoms with Gasteiger partial charge in [-0.05, 0) is 42.8 Å². The van der Waals surface area contributed by atoms with Gasteiger partial charge in [-0.1, -0.05) is 5.16 Å². The van der Waals surface area contributed by atoms with Crippen LogP contribution >= 0.6 is 15.9 Å². The van der Waals surface area contributed by atoms with E-state index in [0.29, 0.717) is 15.9 Å². The van der Waals surface area contributed by atoms with Crippen LogP contribution in [0.2, 0.25) is 0 Å². The molecule has 1 atom stereocenters. The molecule has 0 spiro atoms. The van der Waals surface area contributed by atoms with Crippen LogP contribution in [0, 0.1) is 19.7 Å². The predicted molar refractivity (Wildman–Crippen MR) is 81.6 cm³/mol. The van der Waals surface area contributed by atoms with Crippen LogP contribution in [0.15, 0.2) is 21.1 Å². The highest BCUT2D eigenvalue weighted by atomic mass is 79.9. The number of rotatable bonds is 2. The fourth-order valence-corrected chi connectivity index (χ4v) is 3.06. The number of nitrogens with zero attached hydrogens (tertiary/aromatic N) is 3. The van der Waals surface area contributed by atoms with E-state index < -0.39 is 0 Å². The molecule has 21 heavy (non-hydrogen) atoms. The summed E-state index contributed by atoms with van der Waals surface area (Å²) in [4.78, 5) is 4.23. The van der Waals surface area contributed by atoms with Crippen molar-refractivity contribution in [3.63, 3.8) is 0 Å². The van der Waals surface area contributed by atoms with E-state index in [1.807, 2.05) is 25.3 Å². The quantitative estimate of drug-likeness (QED) is 0.762. The van der Waals surface area contributed by atoms with Crippen LogP contribution in [0.3, 0.4) is 0 Å². The number of halogens is 2. The van der Waals surface area contributed by atoms with Gasteiger partial charge in [0.05, 0.1) is 27.2 Å². The van der Waals surface area contributed by atoms with Crippen LogP contribution in [0.1, 0.15) is 30.0 Å². The van der Waals surface area contributed by atoms with Crippen molar-refractivity contribution in [2.24, 2.45) is 0 Å². The van der Waals surface area contributed by atoms with Crippen molar-refractivity contribution >= 4 is 32.9 Å². The lowest BCUT2D eigenvalue weighted by Crippen LogP contribution is -2.11. The van der Waals surface area contributed by atoms with E-state index in [9.17, 15) is 4.39 Å². The molecule has 3 aromatic rings. The Morgan fingerprint density at radius 3 is 2.71 bits per heavy atom. The molecule has 110 valence electrons. The van der Waals surface area contributed by atoms with Crippen LogP contribution in [-0.4, -0.2) is 14.7 Å². The highest BCUT2D eigenvalue weighted by Gasteiger charge is 2.22. The summed E-state index contributed by atoms with van der Waals surface area (Å²) in [6.45, 7) is 5.73. The third-order valence-corrected chi connectivity index (χ3v) is 4.26. The first-order chi connectivity index (χ1) is 9.90. The lowest BCUT2D eigenvalue weighted by atomic mass is 10.1. The molecule has 2 aromatic heterocycles. The molecule has 5 nitrogen and oxygen atoms in total. The number of imidazole rings is 1. The third-order valence-electron chi connectivity index (χ3n) is 3.65. The van der Waals surface area contributed by atoms with Gasteiger partial charge in [-0.25, -0.2) is 9.37 Å². The number of aryl methyl sites for hydroxylation is 2. The van der Waals surface area contributed by atoms with Crippen molar-refractivity contribution in [2.45, 2.75) is 26.8 Å². The van der Waals surface area contributed by atoms with Gasteiger partial charge in [0.15, 0.2) is 0 Å². The zero-order valence-corrected chi connectivity index (χ0v) is 13.4. The first-order valence-corrected chi connectivity index (χ1v) is 7.24. The minimum Gasteiger partial charge on any atom is -0.369 e. The number of aromatic nitrogens is 3. The maximum atomic E-state index is 13.6. The number of benzene rings is 1. The summed E-state index contributed by atoms with van der Waals surface area (Å²) in [5, 5.41) is 3.97. The SMILES string of the molecule is Cc1noc(C)c1C(C)n1c(N)nc2cc(F)c(Br)cc21. The highest BCUT2D eigenvalue weighted by Crippen LogP contribution is 2.32. The molecule has 2 N–H and O–H groups in total. The molecule has 0 radical (unpaired) electrons. The van der Waals surface area contributed by atoms with Crippen LogP contribution in [0.4, 0.5) is 10.3 Å². The second-order valence-corrected chi connectivity index (χ2v) is 5.86. The average molecular weight is 353 g/mol. The van der Waals surface area contributed by atoms with E-state index in [1.165, 1.54) is 6.07 Å². The zero-order valence-electron chi connectivity index (χ0n) is 11.8. The zero-order chi connectivity index (χ0) is 15.3. The second kappa shape index (κ2) is 4.84. The molecule has 0 aliphatic rings. The standard InChI is InChI=1S/C14H14BrFN4O/c1-6-13(8(3)21-19-6)7(2)20-12-4-9(15)10(16)5-11(12)18-14(20)17/h4-5,7H,1-3H3,(H2,17,18). The smallest absolute Gasteiger partial charge is 0.201 e. The first-order valence-electron chi connectivity index (χ1n) is 6.45. The summed E-state index contributed by atoms with van der Waals surface area (Å²) in [7, 11) is 0. The summed E-state index contributed by atoms with van der Waals surface area (Å²) in [5.74, 6) is 0.703. The van der Waals surface area contributed by atoms with Crippen LogP contribution in [0.25, 0.3) is 11.0 Å². The Balaban J connectivity index is 2.25. The largest absolute Gasteiger partial charge is 0.369 e. The van der Waals surface area contributed by atoms with Gasteiger partial charge >= 0.3 is 0 Å². The van der Waals surface area contributed by atoms with Crippen molar-refractivity contribution < 1.29 is 8.91 Å². The van der Waals surface area contributed by atoms with Crippen molar-refractivity contribution in [3.05, 3.63) is 39.4 Å². The van der Waals surface area contributed by atoms with Gasteiger partial charge in [0.1, 0.15) is 11.6 Å². The van der Waals surface area contributed by atoms with Crippen LogP contribution < -0.4 is 5.73 Å². The average Bonchev–Trinajstić information content (AvgIpc) is 2.89. The fourth-order valence-electron chi connectivity index (χ4n) is 2.73. The fraction of sp³-hybridized carbons (Fsp3) is 0.286. The third kappa shape index (κ3) is 2.12. The highest BCUT2D eigenvalue weighted by molar-refractivity contribution is 9.10. The summed E-state index contributed by atoms with van der Waals surface area (Å²) in [5.41, 5.74) is 9.07. The molecule has 7 heteroatoms. The molecule has 1 unspecified atom stereocenters. The first kappa shape index (κ1) is 14.1. The molecule has 0 saturated carbocycles. The normalized spacial score (nSPS) is 13.0. The summed E-state index contributed by atoms with van der Waals surface area (Å²) in [6.07, 6.45) is 0. The summed E-state index contributed by atoms with van der Waals surface area (Å²) < 4.78 is 21.1. The van der Waals surface area contributed by atoms with E-state index >= 15 is 0 Å². The molecular weight excluding hydrogens is 339 g/mol. The second-order valence-electron chi connectivity index (χ2n) is 5.01. The molecule has 2 heterocycles. The molecule has 3 rings (SSSR count). The van der Waals surface area contributed by atoms with Crippen LogP contribution in [0.5, 0.6) is 0 Å². The summed E-state index contributed by atoms with van der Waals surface area (Å²) in [6, 6.07) is 2.94. The molecule has 0 amide bonds. The van der Waals surface area contributed by atoms with Gasteiger partial charge in [-0.3, -0.25) is 0 Å². The van der Waals surface area contributed by atoms with E-state index in [1.54, 1.807) is 6.07 Å². The Morgan fingerprint density at radius 1 is 1.38 bits per heavy atom. The minimum atomic E-state index is -0.364. The van der Waals surface area contributed by atoms with E-state index in [0.717, 1.165) is 22.5 Å². The number of anilines is 1. The number of hydrogen-bond acceptors (Lipinski definition) is 4. The Bertz CT molecular complexity index is 820. The van der Waals surface area contributed by atoms with Gasteiger partial charge in [-0.15, -0.1) is 0 Å². The molecular formula is C14H14BrFN4O. The van der Waals surface area contributed by atoms with E-state index in [2.05, 4.69) is 26.1 Å². The van der Waals surface area contributed by atoms with E-state index in [4.69, 9.17) is 10.3 Å². The molecule has 0 saturated heterocycles. The number of hydrogen-bond donors (Lipinski definition) is 1. The van der Waals surface area contributed by atoms with Crippen molar-refractivity contribution in [3.8, 4) is 0 Å². The monoisotopic (exact) mass is 352 g/mol. The number of nitrogens with two attached hydrogens (primary N) is 1. The minimum absolute atomic E-state index is 0.112. The Morgan fingerprint density at radius 2 is 2.10 bits per heavy atom. The van der Waals surface area contributed by atoms with Crippen molar-refractivity contribution in [1.82, 2.24) is 14.7 Å². The Hall–Kier alpha value is -1.89. The van der Waals surface area contributed by atoms with Gasteiger partial charge in [0, 0.05) is 11.6 Å². The van der Waals surface area contributed by atoms with Crippen LogP contribution in [-0.2, 0) is 0 Å². The predicted octanol–water partition coefficient (Wildman–Crippen LogP) is 3.73. The topological polar surface area (TPSA) is 69.9 Å². The van der Waals surface area contributed by atoms with E-state index in [-0.39, 0.29) is 11.9 Å². The van der Waals surface area contributed by atoms with Crippen molar-refractivity contribution in [1.29, 1.82) is 0 Å². The van der Waals surface area contributed by atoms with Gasteiger partial charge in [-0.2, -0.15) is 0 Å². The summed E-state index contributed by atoms with van der Waals surface area (Å²) >= 11 is 3.20. The van der Waals surface area contributed by atoms with Crippen molar-refractivity contribution in [2.75, 3.05) is 5.73 Å². The van der Waals surface area contributed by atoms with Gasteiger partial charge in [0.25, 0.3) is 0 Å². The van der Waals surface area contributed by atoms with Gasteiger partial charge < -0.3 is 14.8 Å². The Labute approximate surface area is 129 Å². The Kier molecular flexibility index (Phi) is 3.24. The maximum Gasteiger partial charge on any atom is 0.201 e. The maximum absolute atomic E-state index is 13.6.